The molecular weight excluding hydrogens is 318 g/mol. The molecule has 1 atom stereocenters. The number of hydrogen-bond donors (Lipinski definition) is 2. The maximum atomic E-state index is 12.5. The zero-order valence-corrected chi connectivity index (χ0v) is 14.3. The first kappa shape index (κ1) is 19.4. The van der Waals surface area contributed by atoms with Crippen LogP contribution >= 0.6 is 12.4 Å². The number of anilines is 1. The van der Waals surface area contributed by atoms with Crippen molar-refractivity contribution in [2.24, 2.45) is 11.7 Å². The Labute approximate surface area is 142 Å². The van der Waals surface area contributed by atoms with Crippen LogP contribution < -0.4 is 11.1 Å². The average Bonchev–Trinajstić information content (AvgIpc) is 2.56. The van der Waals surface area contributed by atoms with E-state index in [0.717, 1.165) is 5.56 Å². The van der Waals surface area contributed by atoms with Crippen LogP contribution in [0.25, 0.3) is 0 Å². The lowest BCUT2D eigenvalue weighted by molar-refractivity contribution is -0.119. The van der Waals surface area contributed by atoms with Gasteiger partial charge in [-0.1, -0.05) is 13.0 Å². The molecule has 7 heteroatoms. The van der Waals surface area contributed by atoms with Crippen molar-refractivity contribution < 1.29 is 14.3 Å². The number of morpholine rings is 1. The topological polar surface area (TPSA) is 84.7 Å². The number of benzene rings is 1. The van der Waals surface area contributed by atoms with E-state index in [9.17, 15) is 9.59 Å². The van der Waals surface area contributed by atoms with Gasteiger partial charge < -0.3 is 20.7 Å². The average molecular weight is 342 g/mol. The van der Waals surface area contributed by atoms with Crippen molar-refractivity contribution in [3.05, 3.63) is 29.3 Å². The van der Waals surface area contributed by atoms with Gasteiger partial charge in [0.05, 0.1) is 13.2 Å². The number of carbonyl (C=O) groups excluding carboxylic acids is 2. The molecule has 1 aromatic carbocycles. The summed E-state index contributed by atoms with van der Waals surface area (Å²) in [5, 5.41) is 2.84. The second-order valence-corrected chi connectivity index (χ2v) is 5.56. The van der Waals surface area contributed by atoms with Crippen LogP contribution in [0.15, 0.2) is 18.2 Å². The predicted octanol–water partition coefficient (Wildman–Crippen LogP) is 1.42. The van der Waals surface area contributed by atoms with Crippen LogP contribution in [0.3, 0.4) is 0 Å². The fourth-order valence-electron chi connectivity index (χ4n) is 2.20. The Kier molecular flexibility index (Phi) is 7.48. The summed E-state index contributed by atoms with van der Waals surface area (Å²) < 4.78 is 5.26. The monoisotopic (exact) mass is 341 g/mol. The highest BCUT2D eigenvalue weighted by Crippen LogP contribution is 2.19. The third-order valence-corrected chi connectivity index (χ3v) is 3.84. The van der Waals surface area contributed by atoms with Gasteiger partial charge in [0.25, 0.3) is 5.91 Å². The van der Waals surface area contributed by atoms with Gasteiger partial charge in [-0.25, -0.2) is 0 Å². The molecule has 1 unspecified atom stereocenters. The van der Waals surface area contributed by atoms with Crippen molar-refractivity contribution in [3.63, 3.8) is 0 Å². The number of nitrogens with zero attached hydrogens (tertiary/aromatic N) is 1. The molecule has 2 amide bonds. The Bertz CT molecular complexity index is 560. The van der Waals surface area contributed by atoms with Crippen molar-refractivity contribution >= 4 is 29.9 Å². The molecule has 0 bridgehead atoms. The molecule has 1 heterocycles. The van der Waals surface area contributed by atoms with Crippen molar-refractivity contribution in [1.82, 2.24) is 4.90 Å². The minimum Gasteiger partial charge on any atom is -0.378 e. The van der Waals surface area contributed by atoms with Gasteiger partial charge in [0, 0.05) is 36.8 Å². The number of ether oxygens (including phenoxy) is 1. The molecule has 0 aliphatic carbocycles. The van der Waals surface area contributed by atoms with Gasteiger partial charge in [0.2, 0.25) is 5.91 Å². The summed E-state index contributed by atoms with van der Waals surface area (Å²) in [6, 6.07) is 5.36. The van der Waals surface area contributed by atoms with Gasteiger partial charge in [-0.15, -0.1) is 12.4 Å². The van der Waals surface area contributed by atoms with Crippen molar-refractivity contribution in [2.75, 3.05) is 38.2 Å². The maximum Gasteiger partial charge on any atom is 0.254 e. The normalized spacial score (nSPS) is 15.5. The molecule has 1 aliphatic heterocycles. The molecule has 6 nitrogen and oxygen atoms in total. The number of carbonyl (C=O) groups is 2. The second-order valence-electron chi connectivity index (χ2n) is 5.56. The van der Waals surface area contributed by atoms with E-state index in [0.29, 0.717) is 37.6 Å². The van der Waals surface area contributed by atoms with Crippen LogP contribution in [0.1, 0.15) is 22.8 Å². The van der Waals surface area contributed by atoms with Gasteiger partial charge in [0.1, 0.15) is 0 Å². The first-order valence-electron chi connectivity index (χ1n) is 7.51. The molecule has 1 aliphatic rings. The molecule has 2 rings (SSSR count). The summed E-state index contributed by atoms with van der Waals surface area (Å²) in [6.45, 7) is 6.28. The lowest BCUT2D eigenvalue weighted by Crippen LogP contribution is -2.40. The zero-order chi connectivity index (χ0) is 16.1. The Morgan fingerprint density at radius 2 is 2.00 bits per heavy atom. The fourth-order valence-corrected chi connectivity index (χ4v) is 2.20. The quantitative estimate of drug-likeness (QED) is 0.867. The van der Waals surface area contributed by atoms with E-state index >= 15 is 0 Å². The molecule has 3 N–H and O–H groups in total. The van der Waals surface area contributed by atoms with Crippen molar-refractivity contribution in [2.45, 2.75) is 13.8 Å². The highest BCUT2D eigenvalue weighted by atomic mass is 35.5. The van der Waals surface area contributed by atoms with Crippen LogP contribution in [0.2, 0.25) is 0 Å². The molecular formula is C16H24ClN3O3. The minimum absolute atomic E-state index is 0. The number of hydrogen-bond acceptors (Lipinski definition) is 4. The van der Waals surface area contributed by atoms with Crippen molar-refractivity contribution in [1.29, 1.82) is 0 Å². The standard InChI is InChI=1S/C16H23N3O3.ClH/c1-11-3-4-13(16(21)19-5-7-22-8-6-19)9-14(11)18-15(20)12(2)10-17;/h3-4,9,12H,5-8,10,17H2,1-2H3,(H,18,20);1H. The first-order chi connectivity index (χ1) is 10.5. The van der Waals surface area contributed by atoms with Gasteiger partial charge >= 0.3 is 0 Å². The lowest BCUT2D eigenvalue weighted by Gasteiger charge is -2.27. The summed E-state index contributed by atoms with van der Waals surface area (Å²) in [5.41, 5.74) is 7.65. The third-order valence-electron chi connectivity index (χ3n) is 3.84. The molecule has 1 fully saturated rings. The van der Waals surface area contributed by atoms with E-state index in [2.05, 4.69) is 5.32 Å². The highest BCUT2D eigenvalue weighted by molar-refractivity contribution is 5.98. The number of rotatable bonds is 4. The van der Waals surface area contributed by atoms with E-state index in [1.165, 1.54) is 0 Å². The molecule has 1 saturated heterocycles. The van der Waals surface area contributed by atoms with Crippen LogP contribution in [-0.2, 0) is 9.53 Å². The summed E-state index contributed by atoms with van der Waals surface area (Å²) >= 11 is 0. The molecule has 0 saturated carbocycles. The van der Waals surface area contributed by atoms with Gasteiger partial charge in [-0.2, -0.15) is 0 Å². The van der Waals surface area contributed by atoms with E-state index in [4.69, 9.17) is 10.5 Å². The van der Waals surface area contributed by atoms with Gasteiger partial charge in [-0.3, -0.25) is 9.59 Å². The largest absolute Gasteiger partial charge is 0.378 e. The van der Waals surface area contributed by atoms with Crippen LogP contribution in [0.5, 0.6) is 0 Å². The molecule has 23 heavy (non-hydrogen) atoms. The summed E-state index contributed by atoms with van der Waals surface area (Å²) in [7, 11) is 0. The number of aryl methyl sites for hydroxylation is 1. The molecule has 0 aromatic heterocycles. The van der Waals surface area contributed by atoms with Crippen LogP contribution in [0.4, 0.5) is 5.69 Å². The summed E-state index contributed by atoms with van der Waals surface area (Å²) in [4.78, 5) is 26.2. The summed E-state index contributed by atoms with van der Waals surface area (Å²) in [6.07, 6.45) is 0. The van der Waals surface area contributed by atoms with E-state index in [-0.39, 0.29) is 36.7 Å². The van der Waals surface area contributed by atoms with E-state index in [1.807, 2.05) is 13.0 Å². The number of halogens is 1. The van der Waals surface area contributed by atoms with Gasteiger partial charge in [0.15, 0.2) is 0 Å². The summed E-state index contributed by atoms with van der Waals surface area (Å²) in [5.74, 6) is -0.440. The third kappa shape index (κ3) is 4.92. The predicted molar refractivity (Wildman–Crippen MR) is 92.0 cm³/mol. The van der Waals surface area contributed by atoms with Crippen LogP contribution in [-0.4, -0.2) is 49.6 Å². The van der Waals surface area contributed by atoms with Gasteiger partial charge in [-0.05, 0) is 24.6 Å². The smallest absolute Gasteiger partial charge is 0.254 e. The SMILES string of the molecule is Cc1ccc(C(=O)N2CCOCC2)cc1NC(=O)C(C)CN.Cl. The van der Waals surface area contributed by atoms with Crippen LogP contribution in [0, 0.1) is 12.8 Å². The molecule has 0 spiro atoms. The Morgan fingerprint density at radius 3 is 2.61 bits per heavy atom. The fraction of sp³-hybridized carbons (Fsp3) is 0.500. The van der Waals surface area contributed by atoms with E-state index < -0.39 is 0 Å². The molecule has 0 radical (unpaired) electrons. The lowest BCUT2D eigenvalue weighted by atomic mass is 10.1. The van der Waals surface area contributed by atoms with Crippen molar-refractivity contribution in [3.8, 4) is 0 Å². The number of nitrogens with one attached hydrogen (secondary N) is 1. The number of nitrogens with two attached hydrogens (primary N) is 1. The first-order valence-corrected chi connectivity index (χ1v) is 7.51. The highest BCUT2D eigenvalue weighted by Gasteiger charge is 2.20. The Morgan fingerprint density at radius 1 is 1.35 bits per heavy atom. The molecule has 1 aromatic rings. The number of amides is 2. The second kappa shape index (κ2) is 8.86. The minimum atomic E-state index is -0.266. The zero-order valence-electron chi connectivity index (χ0n) is 13.5. The Balaban J connectivity index is 0.00000264. The Hall–Kier alpha value is -1.63. The van der Waals surface area contributed by atoms with E-state index in [1.54, 1.807) is 24.0 Å². The maximum absolute atomic E-state index is 12.5. The molecule has 128 valence electrons.